The summed E-state index contributed by atoms with van der Waals surface area (Å²) in [6.07, 6.45) is 9.14. The van der Waals surface area contributed by atoms with Crippen LogP contribution in [0, 0.1) is 23.7 Å². The number of hydrogen-bond acceptors (Lipinski definition) is 9. The standard InChI is InChI=1S/C40H58ClN5O6S2/c1-28-7-6-9-32(23-43-17-18-44-19-20-46(53(3,48)49)26-36(44)25-43)37-14-11-33(37)24-45-16-5-4-8-30-21-35(41)13-10-34(30)27-52-39-15-12-31(22-38(39)45)40(47)42-54(50,51)29(28)2/h10,12-13,15,21-22,28-29,32-33,36-37H,4-9,11,14,16-20,23-27H2,1-3H3,(H,42,47)/t28-,29+,32+,33-,36-,37-/m0/s1. The van der Waals surface area contributed by atoms with Crippen molar-refractivity contribution in [1.82, 2.24) is 18.8 Å². The number of amides is 1. The van der Waals surface area contributed by atoms with Gasteiger partial charge in [-0.1, -0.05) is 31.0 Å². The average Bonchev–Trinajstić information content (AvgIpc) is 3.14. The van der Waals surface area contributed by atoms with Crippen LogP contribution in [0.4, 0.5) is 5.69 Å². The summed E-state index contributed by atoms with van der Waals surface area (Å²) in [6, 6.07) is 11.5. The van der Waals surface area contributed by atoms with Crippen molar-refractivity contribution >= 4 is 43.2 Å². The van der Waals surface area contributed by atoms with Gasteiger partial charge in [-0.2, -0.15) is 4.31 Å². The van der Waals surface area contributed by atoms with Crippen LogP contribution in [0.3, 0.4) is 0 Å². The van der Waals surface area contributed by atoms with E-state index in [0.29, 0.717) is 53.8 Å². The number of aryl methyl sites for hydroxylation is 1. The summed E-state index contributed by atoms with van der Waals surface area (Å²) in [7, 11) is -7.15. The molecule has 298 valence electrons. The third kappa shape index (κ3) is 9.07. The van der Waals surface area contributed by atoms with Gasteiger partial charge in [0, 0.05) is 75.5 Å². The van der Waals surface area contributed by atoms with Crippen molar-refractivity contribution in [3.63, 3.8) is 0 Å². The Balaban J connectivity index is 1.18. The fourth-order valence-electron chi connectivity index (χ4n) is 9.56. The van der Waals surface area contributed by atoms with E-state index >= 15 is 0 Å². The summed E-state index contributed by atoms with van der Waals surface area (Å²) >= 11 is 6.40. The van der Waals surface area contributed by atoms with Gasteiger partial charge in [0.25, 0.3) is 5.91 Å². The van der Waals surface area contributed by atoms with E-state index in [1.807, 2.05) is 37.3 Å². The normalized spacial score (nSPS) is 30.7. The lowest BCUT2D eigenvalue weighted by Gasteiger charge is -2.49. The quantitative estimate of drug-likeness (QED) is 0.445. The fraction of sp³-hybridized carbons (Fsp3) is 0.675. The topological polar surface area (TPSA) is 120 Å². The third-order valence-electron chi connectivity index (χ3n) is 13.2. The highest BCUT2D eigenvalue weighted by atomic mass is 35.5. The molecule has 3 fully saturated rings. The van der Waals surface area contributed by atoms with Crippen LogP contribution in [-0.2, 0) is 33.1 Å². The van der Waals surface area contributed by atoms with Crippen molar-refractivity contribution in [2.45, 2.75) is 83.1 Å². The summed E-state index contributed by atoms with van der Waals surface area (Å²) in [5.74, 6) is 1.39. The van der Waals surface area contributed by atoms with Crippen LogP contribution in [0.2, 0.25) is 5.02 Å². The Morgan fingerprint density at radius 2 is 1.70 bits per heavy atom. The lowest BCUT2D eigenvalue weighted by molar-refractivity contribution is 0.00875. The minimum atomic E-state index is -3.92. The van der Waals surface area contributed by atoms with Gasteiger partial charge in [0.1, 0.15) is 12.4 Å². The summed E-state index contributed by atoms with van der Waals surface area (Å²) in [5, 5.41) is -0.0128. The highest BCUT2D eigenvalue weighted by Gasteiger charge is 2.41. The molecule has 14 heteroatoms. The van der Waals surface area contributed by atoms with Crippen LogP contribution in [0.15, 0.2) is 36.4 Å². The number of piperazine rings is 2. The first-order valence-electron chi connectivity index (χ1n) is 20.0. The van der Waals surface area contributed by atoms with Gasteiger partial charge in [-0.25, -0.2) is 21.6 Å². The van der Waals surface area contributed by atoms with E-state index in [9.17, 15) is 21.6 Å². The van der Waals surface area contributed by atoms with E-state index in [4.69, 9.17) is 16.3 Å². The highest BCUT2D eigenvalue weighted by Crippen LogP contribution is 2.45. The second-order valence-electron chi connectivity index (χ2n) is 16.7. The summed E-state index contributed by atoms with van der Waals surface area (Å²) in [5.41, 5.74) is 3.41. The average molecular weight is 805 g/mol. The molecule has 11 nitrogen and oxygen atoms in total. The van der Waals surface area contributed by atoms with Gasteiger partial charge in [-0.05, 0) is 117 Å². The lowest BCUT2D eigenvalue weighted by atomic mass is 9.65. The molecule has 0 radical (unpaired) electrons. The van der Waals surface area contributed by atoms with Gasteiger partial charge in [-0.3, -0.25) is 9.69 Å². The van der Waals surface area contributed by atoms with Crippen molar-refractivity contribution in [3.05, 3.63) is 58.1 Å². The molecule has 4 aliphatic heterocycles. The van der Waals surface area contributed by atoms with Crippen molar-refractivity contribution < 1.29 is 26.4 Å². The number of anilines is 1. The first kappa shape index (κ1) is 39.8. The molecule has 6 atom stereocenters. The van der Waals surface area contributed by atoms with Gasteiger partial charge < -0.3 is 14.5 Å². The van der Waals surface area contributed by atoms with Crippen LogP contribution >= 0.6 is 11.6 Å². The maximum Gasteiger partial charge on any atom is 0.264 e. The Hall–Kier alpha value is -2.42. The van der Waals surface area contributed by atoms with Crippen LogP contribution < -0.4 is 14.4 Å². The first-order chi connectivity index (χ1) is 25.7. The number of hydrogen-bond donors (Lipinski definition) is 1. The number of nitrogens with one attached hydrogen (secondary N) is 1. The number of carbonyl (C=O) groups is 1. The van der Waals surface area contributed by atoms with Gasteiger partial charge in [0.05, 0.1) is 17.2 Å². The lowest BCUT2D eigenvalue weighted by Crippen LogP contribution is -2.63. The van der Waals surface area contributed by atoms with Gasteiger partial charge in [0.2, 0.25) is 20.0 Å². The Morgan fingerprint density at radius 3 is 2.48 bits per heavy atom. The number of fused-ring (bicyclic) bond motifs is 4. The highest BCUT2D eigenvalue weighted by molar-refractivity contribution is 7.90. The number of ether oxygens (including phenoxy) is 1. The zero-order valence-electron chi connectivity index (χ0n) is 32.1. The number of halogens is 1. The van der Waals surface area contributed by atoms with E-state index in [1.165, 1.54) is 11.8 Å². The predicted molar refractivity (Wildman–Crippen MR) is 214 cm³/mol. The van der Waals surface area contributed by atoms with Crippen molar-refractivity contribution in [3.8, 4) is 5.75 Å². The Morgan fingerprint density at radius 1 is 0.889 bits per heavy atom. The summed E-state index contributed by atoms with van der Waals surface area (Å²) < 4.78 is 62.6. The maximum absolute atomic E-state index is 13.6. The molecule has 5 aliphatic rings. The van der Waals surface area contributed by atoms with Crippen LogP contribution in [-0.4, -0.2) is 113 Å². The largest absolute Gasteiger partial charge is 0.487 e. The second-order valence-corrected chi connectivity index (χ2v) is 21.2. The smallest absolute Gasteiger partial charge is 0.264 e. The minimum Gasteiger partial charge on any atom is -0.487 e. The van der Waals surface area contributed by atoms with Crippen molar-refractivity contribution in [2.24, 2.45) is 23.7 Å². The summed E-state index contributed by atoms with van der Waals surface area (Å²) in [6.45, 7) is 11.3. The molecule has 1 amide bonds. The molecule has 2 aromatic carbocycles. The molecule has 0 spiro atoms. The first-order valence-corrected chi connectivity index (χ1v) is 23.8. The third-order valence-corrected chi connectivity index (χ3v) is 16.7. The molecule has 4 heterocycles. The number of benzene rings is 2. The molecule has 2 bridgehead atoms. The Labute approximate surface area is 327 Å². The number of sulfonamides is 2. The SMILES string of the molecule is C[C@@H]1[C@@H](C)CCC[C@H](CN2CCN3CCN(S(C)(=O)=O)C[C@@H]3C2)[C@@H]2CC[C@H]2CN2CCCCc3cc(Cl)ccc3COc3ccc(cc32)C(=O)NS1(=O)=O. The van der Waals surface area contributed by atoms with Gasteiger partial charge in [-0.15, -0.1) is 0 Å². The van der Waals surface area contributed by atoms with E-state index in [1.54, 1.807) is 17.3 Å². The van der Waals surface area contributed by atoms with Gasteiger partial charge >= 0.3 is 0 Å². The zero-order valence-corrected chi connectivity index (χ0v) is 34.5. The van der Waals surface area contributed by atoms with E-state index in [2.05, 4.69) is 19.4 Å². The van der Waals surface area contributed by atoms with E-state index in [0.717, 1.165) is 108 Å². The number of carbonyl (C=O) groups excluding carboxylic acids is 1. The Bertz CT molecular complexity index is 1900. The van der Waals surface area contributed by atoms with Crippen molar-refractivity contribution in [2.75, 3.05) is 70.1 Å². The molecule has 2 aromatic rings. The molecule has 54 heavy (non-hydrogen) atoms. The molecule has 7 rings (SSSR count). The maximum atomic E-state index is 13.6. The predicted octanol–water partition coefficient (Wildman–Crippen LogP) is 5.23. The zero-order chi connectivity index (χ0) is 38.2. The second kappa shape index (κ2) is 16.6. The fourth-order valence-corrected chi connectivity index (χ4v) is 11.9. The monoisotopic (exact) mass is 803 g/mol. The van der Waals surface area contributed by atoms with E-state index < -0.39 is 31.2 Å². The molecule has 2 saturated heterocycles. The molecular weight excluding hydrogens is 746 g/mol. The van der Waals surface area contributed by atoms with Crippen LogP contribution in [0.5, 0.6) is 5.75 Å². The molecule has 0 unspecified atom stereocenters. The number of nitrogens with zero attached hydrogens (tertiary/aromatic N) is 4. The summed E-state index contributed by atoms with van der Waals surface area (Å²) in [4.78, 5) is 21.0. The van der Waals surface area contributed by atoms with Gasteiger partial charge in [0.15, 0.2) is 0 Å². The van der Waals surface area contributed by atoms with E-state index in [-0.39, 0.29) is 12.0 Å². The molecule has 0 aromatic heterocycles. The molecule has 1 saturated carbocycles. The molecule has 1 aliphatic carbocycles. The minimum absolute atomic E-state index is 0.122. The molecular formula is C40H58ClN5O6S2. The van der Waals surface area contributed by atoms with Crippen molar-refractivity contribution in [1.29, 1.82) is 0 Å². The Kier molecular flexibility index (Phi) is 12.2. The molecule has 1 N–H and O–H groups in total. The van der Waals surface area contributed by atoms with Crippen LogP contribution in [0.1, 0.15) is 80.3 Å². The number of rotatable bonds is 3. The van der Waals surface area contributed by atoms with Crippen LogP contribution in [0.25, 0.3) is 0 Å².